The van der Waals surface area contributed by atoms with Gasteiger partial charge in [-0.25, -0.2) is 0 Å². The molecular formula is C7H14O. The Kier molecular flexibility index (Phi) is 3.53. The van der Waals surface area contributed by atoms with Crippen LogP contribution in [0.2, 0.25) is 0 Å². The molecule has 0 amide bonds. The molecule has 0 aromatic carbocycles. The van der Waals surface area contributed by atoms with E-state index in [4.69, 9.17) is 4.74 Å². The molecule has 0 unspecified atom stereocenters. The molecule has 0 aromatic heterocycles. The van der Waals surface area contributed by atoms with Crippen LogP contribution < -0.4 is 0 Å². The number of hydrogen-bond acceptors (Lipinski definition) is 1. The number of hydrogen-bond donors (Lipinski definition) is 0. The molecular weight excluding hydrogens is 100 g/mol. The Morgan fingerprint density at radius 2 is 2.25 bits per heavy atom. The maximum Gasteiger partial charge on any atom is 0.0751 e. The maximum absolute atomic E-state index is 5.20. The van der Waals surface area contributed by atoms with Crippen LogP contribution in [0, 0.1) is 0 Å². The summed E-state index contributed by atoms with van der Waals surface area (Å²) < 4.78 is 5.20. The monoisotopic (exact) mass is 114 g/mol. The van der Waals surface area contributed by atoms with Crippen molar-refractivity contribution in [1.29, 1.82) is 0 Å². The van der Waals surface area contributed by atoms with Crippen LogP contribution in [-0.2, 0) is 4.74 Å². The van der Waals surface area contributed by atoms with Gasteiger partial charge in [0.05, 0.1) is 6.10 Å². The first-order valence-electron chi connectivity index (χ1n) is 2.95. The molecule has 0 spiro atoms. The van der Waals surface area contributed by atoms with Crippen molar-refractivity contribution < 1.29 is 4.74 Å². The van der Waals surface area contributed by atoms with Crippen molar-refractivity contribution in [3.05, 3.63) is 12.2 Å². The predicted octanol–water partition coefficient (Wildman–Crippen LogP) is 1.99. The Labute approximate surface area is 51.4 Å². The highest BCUT2D eigenvalue weighted by atomic mass is 16.5. The number of rotatable bonds is 3. The normalized spacial score (nSPS) is 13.4. The van der Waals surface area contributed by atoms with Gasteiger partial charge in [0.15, 0.2) is 0 Å². The lowest BCUT2D eigenvalue weighted by Gasteiger charge is -2.09. The molecule has 0 aromatic rings. The molecule has 0 rings (SSSR count). The zero-order chi connectivity index (χ0) is 6.57. The molecule has 1 atom stereocenters. The number of ether oxygens (including phenoxy) is 1. The van der Waals surface area contributed by atoms with Crippen LogP contribution in [0.3, 0.4) is 0 Å². The van der Waals surface area contributed by atoms with E-state index in [0.29, 0.717) is 0 Å². The lowest BCUT2D eigenvalue weighted by Crippen LogP contribution is -2.07. The van der Waals surface area contributed by atoms with E-state index < -0.39 is 0 Å². The van der Waals surface area contributed by atoms with E-state index in [1.54, 1.807) is 0 Å². The highest BCUT2D eigenvalue weighted by molar-refractivity contribution is 4.94. The molecule has 0 aliphatic rings. The smallest absolute Gasteiger partial charge is 0.0751 e. The zero-order valence-corrected chi connectivity index (χ0v) is 5.90. The summed E-state index contributed by atoms with van der Waals surface area (Å²) >= 11 is 0. The van der Waals surface area contributed by atoms with Crippen LogP contribution in [-0.4, -0.2) is 12.7 Å². The maximum atomic E-state index is 5.20. The second-order valence-electron chi connectivity index (χ2n) is 1.94. The van der Waals surface area contributed by atoms with E-state index in [1.807, 2.05) is 20.8 Å². The Morgan fingerprint density at radius 3 is 2.38 bits per heavy atom. The van der Waals surface area contributed by atoms with Crippen LogP contribution in [0.25, 0.3) is 0 Å². The summed E-state index contributed by atoms with van der Waals surface area (Å²) in [7, 11) is 0. The van der Waals surface area contributed by atoms with Gasteiger partial charge in [0, 0.05) is 6.61 Å². The topological polar surface area (TPSA) is 9.23 Å². The highest BCUT2D eigenvalue weighted by Gasteiger charge is 1.97. The average Bonchev–Trinajstić information content (AvgIpc) is 1.67. The quantitative estimate of drug-likeness (QED) is 0.510. The lowest BCUT2D eigenvalue weighted by molar-refractivity contribution is 0.102. The largest absolute Gasteiger partial charge is 0.374 e. The first-order valence-corrected chi connectivity index (χ1v) is 2.95. The predicted molar refractivity (Wildman–Crippen MR) is 35.9 cm³/mol. The first kappa shape index (κ1) is 7.70. The summed E-state index contributed by atoms with van der Waals surface area (Å²) in [5.74, 6) is 0. The molecule has 0 radical (unpaired) electrons. The van der Waals surface area contributed by atoms with Crippen LogP contribution in [0.4, 0.5) is 0 Å². The molecule has 0 aliphatic heterocycles. The Morgan fingerprint density at radius 1 is 1.75 bits per heavy atom. The van der Waals surface area contributed by atoms with E-state index in [-0.39, 0.29) is 6.10 Å². The van der Waals surface area contributed by atoms with Crippen LogP contribution in [0.15, 0.2) is 12.2 Å². The standard InChI is InChI=1S/C7H14O/c1-5-8-7(4)6(2)3/h7H,2,5H2,1,3-4H3/t7-/m1/s1. The van der Waals surface area contributed by atoms with E-state index in [2.05, 4.69) is 6.58 Å². The van der Waals surface area contributed by atoms with Gasteiger partial charge in [-0.3, -0.25) is 0 Å². The fraction of sp³-hybridized carbons (Fsp3) is 0.714. The summed E-state index contributed by atoms with van der Waals surface area (Å²) in [4.78, 5) is 0. The Bertz CT molecular complexity index is 76.5. The molecule has 8 heavy (non-hydrogen) atoms. The summed E-state index contributed by atoms with van der Waals surface area (Å²) in [6, 6.07) is 0. The molecule has 0 aliphatic carbocycles. The molecule has 48 valence electrons. The fourth-order valence-corrected chi connectivity index (χ4v) is 0.392. The van der Waals surface area contributed by atoms with Crippen molar-refractivity contribution in [1.82, 2.24) is 0 Å². The van der Waals surface area contributed by atoms with Crippen molar-refractivity contribution in [3.8, 4) is 0 Å². The van der Waals surface area contributed by atoms with E-state index in [1.165, 1.54) is 0 Å². The molecule has 0 saturated carbocycles. The van der Waals surface area contributed by atoms with Gasteiger partial charge in [-0.05, 0) is 20.8 Å². The van der Waals surface area contributed by atoms with Crippen molar-refractivity contribution in [2.24, 2.45) is 0 Å². The third-order valence-corrected chi connectivity index (χ3v) is 1.11. The Balaban J connectivity index is 3.32. The molecule has 0 heterocycles. The van der Waals surface area contributed by atoms with Gasteiger partial charge in [0.25, 0.3) is 0 Å². The molecule has 0 saturated heterocycles. The van der Waals surface area contributed by atoms with Crippen LogP contribution in [0.5, 0.6) is 0 Å². The molecule has 0 bridgehead atoms. The van der Waals surface area contributed by atoms with Gasteiger partial charge in [-0.15, -0.1) is 0 Å². The second-order valence-corrected chi connectivity index (χ2v) is 1.94. The summed E-state index contributed by atoms with van der Waals surface area (Å²) in [5.41, 5.74) is 1.09. The van der Waals surface area contributed by atoms with Crippen molar-refractivity contribution >= 4 is 0 Å². The van der Waals surface area contributed by atoms with E-state index in [0.717, 1.165) is 12.2 Å². The average molecular weight is 114 g/mol. The summed E-state index contributed by atoms with van der Waals surface area (Å²) in [6.45, 7) is 10.5. The van der Waals surface area contributed by atoms with Gasteiger partial charge >= 0.3 is 0 Å². The fourth-order valence-electron chi connectivity index (χ4n) is 0.392. The van der Waals surface area contributed by atoms with Crippen molar-refractivity contribution in [2.45, 2.75) is 26.9 Å². The van der Waals surface area contributed by atoms with E-state index >= 15 is 0 Å². The van der Waals surface area contributed by atoms with Gasteiger partial charge < -0.3 is 4.74 Å². The molecule has 1 nitrogen and oxygen atoms in total. The minimum atomic E-state index is 0.222. The minimum Gasteiger partial charge on any atom is -0.374 e. The third kappa shape index (κ3) is 2.80. The zero-order valence-electron chi connectivity index (χ0n) is 5.90. The van der Waals surface area contributed by atoms with Gasteiger partial charge in [-0.1, -0.05) is 12.2 Å². The summed E-state index contributed by atoms with van der Waals surface area (Å²) in [6.07, 6.45) is 0.222. The molecule has 0 N–H and O–H groups in total. The highest BCUT2D eigenvalue weighted by Crippen LogP contribution is 2.00. The lowest BCUT2D eigenvalue weighted by atomic mass is 10.2. The molecule has 0 fully saturated rings. The third-order valence-electron chi connectivity index (χ3n) is 1.11. The van der Waals surface area contributed by atoms with Gasteiger partial charge in [0.2, 0.25) is 0 Å². The van der Waals surface area contributed by atoms with Crippen LogP contribution >= 0.6 is 0 Å². The van der Waals surface area contributed by atoms with Crippen molar-refractivity contribution in [3.63, 3.8) is 0 Å². The van der Waals surface area contributed by atoms with Crippen LogP contribution in [0.1, 0.15) is 20.8 Å². The van der Waals surface area contributed by atoms with Gasteiger partial charge in [0.1, 0.15) is 0 Å². The first-order chi connectivity index (χ1) is 3.68. The Hall–Kier alpha value is -0.300. The SMILES string of the molecule is C=C(C)[C@@H](C)OCC. The molecule has 1 heteroatoms. The van der Waals surface area contributed by atoms with E-state index in [9.17, 15) is 0 Å². The minimum absolute atomic E-state index is 0.222. The second kappa shape index (κ2) is 3.67. The van der Waals surface area contributed by atoms with Gasteiger partial charge in [-0.2, -0.15) is 0 Å². The van der Waals surface area contributed by atoms with Crippen molar-refractivity contribution in [2.75, 3.05) is 6.61 Å². The summed E-state index contributed by atoms with van der Waals surface area (Å²) in [5, 5.41) is 0.